The summed E-state index contributed by atoms with van der Waals surface area (Å²) in [6.45, 7) is 4.20. The summed E-state index contributed by atoms with van der Waals surface area (Å²) >= 11 is 12.3. The Morgan fingerprint density at radius 2 is 1.64 bits per heavy atom. The van der Waals surface area contributed by atoms with Gasteiger partial charge in [-0.05, 0) is 80.2 Å². The smallest absolute Gasteiger partial charge is 0.174 e. The summed E-state index contributed by atoms with van der Waals surface area (Å²) in [7, 11) is 3.34. The van der Waals surface area contributed by atoms with Crippen LogP contribution in [0.4, 0.5) is 5.69 Å². The molecular weight excluding hydrogens is 492 g/mol. The lowest BCUT2D eigenvalue weighted by molar-refractivity contribution is 0.412. The molecule has 1 aliphatic rings. The number of aromatic nitrogens is 2. The highest BCUT2D eigenvalue weighted by molar-refractivity contribution is 7.80. The Hall–Kier alpha value is -3.55. The van der Waals surface area contributed by atoms with Crippen LogP contribution >= 0.6 is 23.8 Å². The van der Waals surface area contributed by atoms with Crippen LogP contribution in [0.1, 0.15) is 34.7 Å². The van der Waals surface area contributed by atoms with Gasteiger partial charge in [0.05, 0.1) is 43.4 Å². The number of aryl methyl sites for hydroxylation is 1. The number of anilines is 1. The topological polar surface area (TPSA) is 51.5 Å². The predicted octanol–water partition coefficient (Wildman–Crippen LogP) is 6.34. The van der Waals surface area contributed by atoms with E-state index >= 15 is 0 Å². The molecule has 0 saturated carbocycles. The molecule has 4 aromatic rings. The highest BCUT2D eigenvalue weighted by Crippen LogP contribution is 2.46. The SMILES string of the molecule is COc1ccccc1N1C(=S)N[C@@H](c2ccccn2)[C@H]1c1cc(C)n(-c2cc(Cl)ccc2OC)c1C. The molecule has 0 spiro atoms. The van der Waals surface area contributed by atoms with Gasteiger partial charge < -0.3 is 24.3 Å². The van der Waals surface area contributed by atoms with Gasteiger partial charge >= 0.3 is 0 Å². The van der Waals surface area contributed by atoms with Crippen LogP contribution in [0.25, 0.3) is 5.69 Å². The maximum atomic E-state index is 6.39. The van der Waals surface area contributed by atoms with E-state index in [0.29, 0.717) is 10.1 Å². The summed E-state index contributed by atoms with van der Waals surface area (Å²) in [4.78, 5) is 6.81. The van der Waals surface area contributed by atoms with Crippen molar-refractivity contribution >= 4 is 34.6 Å². The first kappa shape index (κ1) is 24.2. The second-order valence-electron chi connectivity index (χ2n) is 8.65. The van der Waals surface area contributed by atoms with Crippen LogP contribution < -0.4 is 19.7 Å². The molecule has 8 heteroatoms. The minimum absolute atomic E-state index is 0.168. The molecule has 0 radical (unpaired) electrons. The number of hydrogen-bond donors (Lipinski definition) is 1. The molecule has 0 amide bonds. The maximum absolute atomic E-state index is 6.39. The first-order chi connectivity index (χ1) is 17.4. The second-order valence-corrected chi connectivity index (χ2v) is 9.47. The summed E-state index contributed by atoms with van der Waals surface area (Å²) in [6.07, 6.45) is 1.81. The molecule has 2 aromatic heterocycles. The summed E-state index contributed by atoms with van der Waals surface area (Å²) < 4.78 is 13.6. The molecule has 1 saturated heterocycles. The summed E-state index contributed by atoms with van der Waals surface area (Å²) in [5, 5.41) is 4.79. The van der Waals surface area contributed by atoms with E-state index in [2.05, 4.69) is 39.7 Å². The Labute approximate surface area is 221 Å². The highest BCUT2D eigenvalue weighted by atomic mass is 35.5. The van der Waals surface area contributed by atoms with Gasteiger partial charge in [0.25, 0.3) is 0 Å². The maximum Gasteiger partial charge on any atom is 0.174 e. The van der Waals surface area contributed by atoms with Crippen molar-refractivity contribution in [2.45, 2.75) is 25.9 Å². The van der Waals surface area contributed by atoms with Crippen LogP contribution in [-0.4, -0.2) is 28.9 Å². The van der Waals surface area contributed by atoms with Gasteiger partial charge in [-0.15, -0.1) is 0 Å². The Morgan fingerprint density at radius 1 is 0.917 bits per heavy atom. The number of pyridine rings is 1. The van der Waals surface area contributed by atoms with Gasteiger partial charge in [0.15, 0.2) is 5.11 Å². The normalized spacial score (nSPS) is 17.2. The molecule has 2 atom stereocenters. The van der Waals surface area contributed by atoms with Crippen LogP contribution in [0.5, 0.6) is 11.5 Å². The molecule has 6 nitrogen and oxygen atoms in total. The van der Waals surface area contributed by atoms with Crippen molar-refractivity contribution in [3.8, 4) is 17.2 Å². The van der Waals surface area contributed by atoms with E-state index in [-0.39, 0.29) is 12.1 Å². The number of nitrogens with one attached hydrogen (secondary N) is 1. The molecule has 3 heterocycles. The minimum atomic E-state index is -0.172. The molecule has 36 heavy (non-hydrogen) atoms. The zero-order valence-electron chi connectivity index (χ0n) is 20.5. The Bertz CT molecular complexity index is 1420. The van der Waals surface area contributed by atoms with Crippen molar-refractivity contribution in [2.75, 3.05) is 19.1 Å². The zero-order valence-corrected chi connectivity index (χ0v) is 22.1. The molecule has 184 valence electrons. The minimum Gasteiger partial charge on any atom is -0.495 e. The van der Waals surface area contributed by atoms with E-state index in [1.807, 2.05) is 66.9 Å². The highest BCUT2D eigenvalue weighted by Gasteiger charge is 2.43. The van der Waals surface area contributed by atoms with E-state index in [4.69, 9.17) is 33.3 Å². The van der Waals surface area contributed by atoms with Crippen molar-refractivity contribution in [3.05, 3.63) is 101 Å². The fraction of sp³-hybridized carbons (Fsp3) is 0.214. The third kappa shape index (κ3) is 4.08. The van der Waals surface area contributed by atoms with Crippen molar-refractivity contribution in [2.24, 2.45) is 0 Å². The average Bonchev–Trinajstić information content (AvgIpc) is 3.39. The number of benzene rings is 2. The van der Waals surface area contributed by atoms with Gasteiger partial charge in [-0.25, -0.2) is 0 Å². The molecule has 2 aromatic carbocycles. The van der Waals surface area contributed by atoms with Crippen LogP contribution in [0.3, 0.4) is 0 Å². The van der Waals surface area contributed by atoms with E-state index in [1.54, 1.807) is 14.2 Å². The second kappa shape index (κ2) is 9.84. The number of nitrogens with zero attached hydrogens (tertiary/aromatic N) is 3. The van der Waals surface area contributed by atoms with E-state index in [9.17, 15) is 0 Å². The van der Waals surface area contributed by atoms with Crippen LogP contribution in [0.15, 0.2) is 72.9 Å². The molecule has 5 rings (SSSR count). The van der Waals surface area contributed by atoms with Crippen molar-refractivity contribution in [3.63, 3.8) is 0 Å². The van der Waals surface area contributed by atoms with Gasteiger partial charge in [0.1, 0.15) is 11.5 Å². The molecule has 1 N–H and O–H groups in total. The Balaban J connectivity index is 1.72. The van der Waals surface area contributed by atoms with Crippen LogP contribution in [0, 0.1) is 13.8 Å². The number of hydrogen-bond acceptors (Lipinski definition) is 4. The molecular formula is C28H27ClN4O2S. The standard InChI is InChI=1S/C28H27ClN4O2S/c1-17-15-20(18(2)32(17)23-16-19(29)12-13-25(23)35-4)27-26(21-9-7-8-14-30-21)31-28(36)33(27)22-10-5-6-11-24(22)34-3/h5-16,26-27H,1-4H3,(H,31,36)/t26-,27+/m0/s1. The average molecular weight is 519 g/mol. The lowest BCUT2D eigenvalue weighted by Gasteiger charge is -2.29. The van der Waals surface area contributed by atoms with E-state index in [1.165, 1.54) is 0 Å². The van der Waals surface area contributed by atoms with Gasteiger partial charge in [-0.1, -0.05) is 29.8 Å². The third-order valence-electron chi connectivity index (χ3n) is 6.61. The van der Waals surface area contributed by atoms with Gasteiger partial charge in [0, 0.05) is 22.6 Å². The summed E-state index contributed by atoms with van der Waals surface area (Å²) in [5.41, 5.74) is 5.92. The fourth-order valence-electron chi connectivity index (χ4n) is 5.05. The summed E-state index contributed by atoms with van der Waals surface area (Å²) in [6, 6.07) is 21.4. The first-order valence-corrected chi connectivity index (χ1v) is 12.4. The van der Waals surface area contributed by atoms with Crippen molar-refractivity contribution in [1.29, 1.82) is 0 Å². The number of halogens is 1. The van der Waals surface area contributed by atoms with E-state index in [0.717, 1.165) is 45.5 Å². The number of rotatable bonds is 6. The van der Waals surface area contributed by atoms with Crippen molar-refractivity contribution < 1.29 is 9.47 Å². The summed E-state index contributed by atoms with van der Waals surface area (Å²) in [5.74, 6) is 1.49. The molecule has 1 fully saturated rings. The quantitative estimate of drug-likeness (QED) is 0.301. The molecule has 1 aliphatic heterocycles. The van der Waals surface area contributed by atoms with Crippen LogP contribution in [0.2, 0.25) is 5.02 Å². The number of ether oxygens (including phenoxy) is 2. The molecule has 0 unspecified atom stereocenters. The van der Waals surface area contributed by atoms with Crippen LogP contribution in [-0.2, 0) is 0 Å². The monoisotopic (exact) mass is 518 g/mol. The van der Waals surface area contributed by atoms with Gasteiger partial charge in [-0.3, -0.25) is 4.98 Å². The van der Waals surface area contributed by atoms with Gasteiger partial charge in [-0.2, -0.15) is 0 Å². The first-order valence-electron chi connectivity index (χ1n) is 11.6. The molecule has 0 bridgehead atoms. The molecule has 0 aliphatic carbocycles. The Kier molecular flexibility index (Phi) is 6.60. The number of para-hydroxylation sites is 2. The lowest BCUT2D eigenvalue weighted by Crippen LogP contribution is -2.30. The lowest BCUT2D eigenvalue weighted by atomic mass is 9.96. The third-order valence-corrected chi connectivity index (χ3v) is 7.16. The number of methoxy groups -OCH3 is 2. The van der Waals surface area contributed by atoms with E-state index < -0.39 is 0 Å². The number of thiocarbonyl (C=S) groups is 1. The Morgan fingerprint density at radius 3 is 2.36 bits per heavy atom. The van der Waals surface area contributed by atoms with Gasteiger partial charge in [0.2, 0.25) is 0 Å². The zero-order chi connectivity index (χ0) is 25.4. The largest absolute Gasteiger partial charge is 0.495 e. The fourth-order valence-corrected chi connectivity index (χ4v) is 5.56. The van der Waals surface area contributed by atoms with Crippen molar-refractivity contribution in [1.82, 2.24) is 14.9 Å². The predicted molar refractivity (Wildman–Crippen MR) is 148 cm³/mol.